The minimum absolute atomic E-state index is 0.0389. The Hall–Kier alpha value is -4.54. The van der Waals surface area contributed by atoms with Crippen molar-refractivity contribution in [3.8, 4) is 28.5 Å². The number of aromatic nitrogens is 5. The average Bonchev–Trinajstić information content (AvgIpc) is 3.28. The van der Waals surface area contributed by atoms with Crippen LogP contribution in [-0.4, -0.2) is 30.9 Å². The molecule has 7 nitrogen and oxygen atoms in total. The number of pyridine rings is 1. The van der Waals surface area contributed by atoms with E-state index in [1.165, 1.54) is 58.2 Å². The van der Waals surface area contributed by atoms with Crippen molar-refractivity contribution in [1.82, 2.24) is 24.5 Å². The predicted octanol–water partition coefficient (Wildman–Crippen LogP) is 4.67. The molecule has 11 heteroatoms. The first kappa shape index (κ1) is 21.3. The summed E-state index contributed by atoms with van der Waals surface area (Å²) in [7, 11) is 0. The number of ether oxygens (including phenoxy) is 1. The van der Waals surface area contributed by atoms with Crippen molar-refractivity contribution in [1.29, 1.82) is 0 Å². The molecule has 0 atom stereocenters. The molecule has 0 saturated carbocycles. The molecule has 0 radical (unpaired) electrons. The molecule has 5 aromatic rings. The van der Waals surface area contributed by atoms with E-state index in [1.54, 1.807) is 18.3 Å². The summed E-state index contributed by atoms with van der Waals surface area (Å²) in [5, 5.41) is 9.14. The lowest BCUT2D eigenvalue weighted by Gasteiger charge is -2.12. The highest BCUT2D eigenvalue weighted by Gasteiger charge is 2.31. The van der Waals surface area contributed by atoms with Gasteiger partial charge >= 0.3 is 6.36 Å². The molecule has 170 valence electrons. The van der Waals surface area contributed by atoms with Crippen molar-refractivity contribution >= 4 is 10.9 Å². The second-order valence-corrected chi connectivity index (χ2v) is 7.13. The first-order valence-electron chi connectivity index (χ1n) is 9.84. The Bertz CT molecular complexity index is 1560. The summed E-state index contributed by atoms with van der Waals surface area (Å²) >= 11 is 0. The highest BCUT2D eigenvalue weighted by Crippen LogP contribution is 2.26. The molecule has 0 bridgehead atoms. The maximum absolute atomic E-state index is 13.9. The second-order valence-electron chi connectivity index (χ2n) is 7.13. The van der Waals surface area contributed by atoms with Crippen molar-refractivity contribution in [2.75, 3.05) is 0 Å². The zero-order chi connectivity index (χ0) is 23.9. The maximum Gasteiger partial charge on any atom is 0.573 e. The molecule has 0 aliphatic rings. The van der Waals surface area contributed by atoms with Crippen LogP contribution in [0.5, 0.6) is 5.75 Å². The van der Waals surface area contributed by atoms with Crippen molar-refractivity contribution in [3.05, 3.63) is 95.3 Å². The Morgan fingerprint density at radius 3 is 2.47 bits per heavy atom. The van der Waals surface area contributed by atoms with Gasteiger partial charge < -0.3 is 4.74 Å². The van der Waals surface area contributed by atoms with Gasteiger partial charge in [-0.3, -0.25) is 9.78 Å². The third-order valence-corrected chi connectivity index (χ3v) is 4.94. The van der Waals surface area contributed by atoms with Gasteiger partial charge in [-0.25, -0.2) is 13.8 Å². The van der Waals surface area contributed by atoms with Crippen LogP contribution < -0.4 is 10.2 Å². The molecule has 0 fully saturated rings. The Morgan fingerprint density at radius 1 is 0.912 bits per heavy atom. The monoisotopic (exact) mass is 467 g/mol. The smallest absolute Gasteiger partial charge is 0.406 e. The molecule has 0 spiro atoms. The van der Waals surface area contributed by atoms with E-state index in [2.05, 4.69) is 19.9 Å². The summed E-state index contributed by atoms with van der Waals surface area (Å²) in [6.45, 7) is 0. The summed E-state index contributed by atoms with van der Waals surface area (Å²) in [6.07, 6.45) is -0.392. The van der Waals surface area contributed by atoms with E-state index in [1.807, 2.05) is 0 Å². The van der Waals surface area contributed by atoms with E-state index >= 15 is 0 Å². The Morgan fingerprint density at radius 2 is 1.71 bits per heavy atom. The highest BCUT2D eigenvalue weighted by molar-refractivity contribution is 5.87. The molecule has 34 heavy (non-hydrogen) atoms. The summed E-state index contributed by atoms with van der Waals surface area (Å²) in [5.41, 5.74) is 1.41. The second kappa shape index (κ2) is 8.10. The van der Waals surface area contributed by atoms with E-state index in [0.717, 1.165) is 12.1 Å². The first-order valence-corrected chi connectivity index (χ1v) is 9.84. The fraction of sp³-hybridized carbons (Fsp3) is 0.0435. The number of hydrogen-bond acceptors (Lipinski definition) is 5. The summed E-state index contributed by atoms with van der Waals surface area (Å²) < 4.78 is 57.8. The van der Waals surface area contributed by atoms with Crippen LogP contribution >= 0.6 is 0 Å². The molecule has 0 amide bonds. The van der Waals surface area contributed by atoms with Gasteiger partial charge in [0.05, 0.1) is 28.8 Å². The minimum atomic E-state index is -4.80. The van der Waals surface area contributed by atoms with Crippen LogP contribution in [0, 0.1) is 5.82 Å². The van der Waals surface area contributed by atoms with Crippen molar-refractivity contribution in [3.63, 3.8) is 0 Å². The Labute approximate surface area is 188 Å². The highest BCUT2D eigenvalue weighted by atomic mass is 19.4. The van der Waals surface area contributed by atoms with E-state index in [9.17, 15) is 22.4 Å². The maximum atomic E-state index is 13.9. The molecule has 3 aromatic heterocycles. The molecule has 0 saturated heterocycles. The molecule has 0 aliphatic heterocycles. The molecule has 0 N–H and O–H groups in total. The van der Waals surface area contributed by atoms with Crippen LogP contribution in [0.15, 0.2) is 84.0 Å². The summed E-state index contributed by atoms with van der Waals surface area (Å²) in [6, 6.07) is 13.7. The van der Waals surface area contributed by atoms with E-state index in [4.69, 9.17) is 0 Å². The SMILES string of the molecule is O=c1ccn(-c2ccc(OC(F)(F)F)cc2)nc1-c1ccnn1-c1ccnc2ccc(F)cc12. The third kappa shape index (κ3) is 4.10. The predicted molar refractivity (Wildman–Crippen MR) is 114 cm³/mol. The van der Waals surface area contributed by atoms with E-state index in [0.29, 0.717) is 28.0 Å². The van der Waals surface area contributed by atoms with Gasteiger partial charge in [-0.05, 0) is 54.6 Å². The lowest BCUT2D eigenvalue weighted by molar-refractivity contribution is -0.274. The van der Waals surface area contributed by atoms with Crippen molar-refractivity contribution in [2.24, 2.45) is 0 Å². The molecular weight excluding hydrogens is 454 g/mol. The van der Waals surface area contributed by atoms with Gasteiger partial charge in [-0.2, -0.15) is 10.2 Å². The number of benzene rings is 2. The van der Waals surface area contributed by atoms with Gasteiger partial charge in [-0.15, -0.1) is 13.2 Å². The molecule has 5 rings (SSSR count). The van der Waals surface area contributed by atoms with E-state index < -0.39 is 17.6 Å². The Balaban J connectivity index is 1.58. The minimum Gasteiger partial charge on any atom is -0.406 e. The van der Waals surface area contributed by atoms with Crippen molar-refractivity contribution in [2.45, 2.75) is 6.36 Å². The van der Waals surface area contributed by atoms with Crippen LogP contribution in [0.2, 0.25) is 0 Å². The van der Waals surface area contributed by atoms with Crippen LogP contribution in [-0.2, 0) is 0 Å². The zero-order valence-electron chi connectivity index (χ0n) is 17.1. The lowest BCUT2D eigenvalue weighted by atomic mass is 10.1. The van der Waals surface area contributed by atoms with Gasteiger partial charge in [0, 0.05) is 23.8 Å². The quantitative estimate of drug-likeness (QED) is 0.359. The van der Waals surface area contributed by atoms with Crippen LogP contribution in [0.4, 0.5) is 17.6 Å². The number of nitrogens with zero attached hydrogens (tertiary/aromatic N) is 5. The number of hydrogen-bond donors (Lipinski definition) is 0. The fourth-order valence-electron chi connectivity index (χ4n) is 3.49. The third-order valence-electron chi connectivity index (χ3n) is 4.94. The first-order chi connectivity index (χ1) is 16.3. The fourth-order valence-corrected chi connectivity index (χ4v) is 3.49. The number of fused-ring (bicyclic) bond motifs is 1. The van der Waals surface area contributed by atoms with Gasteiger partial charge in [0.25, 0.3) is 0 Å². The van der Waals surface area contributed by atoms with Gasteiger partial charge in [-0.1, -0.05) is 0 Å². The standard InChI is InChI=1S/C23H13F4N5O2/c24-14-1-6-18-17(13-14)19(7-10-28-18)32-20(8-11-29-32)22-21(33)9-12-31(30-22)15-2-4-16(5-3-15)34-23(25,26)27/h1-13H. The van der Waals surface area contributed by atoms with Gasteiger partial charge in [0.15, 0.2) is 5.69 Å². The zero-order valence-corrected chi connectivity index (χ0v) is 17.1. The normalized spacial score (nSPS) is 11.6. The van der Waals surface area contributed by atoms with Gasteiger partial charge in [0.2, 0.25) is 5.43 Å². The van der Waals surface area contributed by atoms with Crippen LogP contribution in [0.1, 0.15) is 0 Å². The van der Waals surface area contributed by atoms with Crippen LogP contribution in [0.3, 0.4) is 0 Å². The Kier molecular flexibility index (Phi) is 5.08. The average molecular weight is 467 g/mol. The molecule has 3 heterocycles. The number of rotatable bonds is 4. The summed E-state index contributed by atoms with van der Waals surface area (Å²) in [5.74, 6) is -0.832. The van der Waals surface area contributed by atoms with Gasteiger partial charge in [0.1, 0.15) is 11.6 Å². The van der Waals surface area contributed by atoms with Crippen molar-refractivity contribution < 1.29 is 22.3 Å². The van der Waals surface area contributed by atoms with E-state index in [-0.39, 0.29) is 11.4 Å². The number of alkyl halides is 3. The molecule has 2 aromatic carbocycles. The number of halogens is 4. The molecule has 0 unspecified atom stereocenters. The lowest BCUT2D eigenvalue weighted by Crippen LogP contribution is -2.17. The summed E-state index contributed by atoms with van der Waals surface area (Å²) in [4.78, 5) is 16.9. The molecule has 0 aliphatic carbocycles. The van der Waals surface area contributed by atoms with Crippen LogP contribution in [0.25, 0.3) is 33.7 Å². The molecular formula is C23H13F4N5O2. The topological polar surface area (TPSA) is 74.8 Å². The largest absolute Gasteiger partial charge is 0.573 e.